The molecular weight excluding hydrogens is 320 g/mol. The second-order valence-corrected chi connectivity index (χ2v) is 5.30. The minimum atomic E-state index is -0.659. The van der Waals surface area contributed by atoms with Gasteiger partial charge < -0.3 is 19.5 Å². The normalized spacial score (nSPS) is 11.1. The van der Waals surface area contributed by atoms with Crippen molar-refractivity contribution in [2.45, 2.75) is 19.6 Å². The van der Waals surface area contributed by atoms with E-state index in [-0.39, 0.29) is 5.91 Å². The molecular formula is C19H20N2O4. The van der Waals surface area contributed by atoms with Crippen LogP contribution in [-0.4, -0.2) is 26.2 Å². The van der Waals surface area contributed by atoms with Gasteiger partial charge in [-0.25, -0.2) is 0 Å². The SMILES string of the molecule is COc1ccc(CNC(=O)[C@H](C)Oc2ccc(C#N)cc2)cc1OC. The molecule has 2 aromatic rings. The third-order valence-electron chi connectivity index (χ3n) is 3.58. The predicted molar refractivity (Wildman–Crippen MR) is 92.6 cm³/mol. The molecule has 1 atom stereocenters. The fourth-order valence-corrected chi connectivity index (χ4v) is 2.19. The Morgan fingerprint density at radius 3 is 2.40 bits per heavy atom. The number of benzene rings is 2. The van der Waals surface area contributed by atoms with Gasteiger partial charge in [-0.1, -0.05) is 6.07 Å². The number of carbonyl (C=O) groups excluding carboxylic acids is 1. The van der Waals surface area contributed by atoms with Crippen LogP contribution in [0.1, 0.15) is 18.1 Å². The summed E-state index contributed by atoms with van der Waals surface area (Å²) in [4.78, 5) is 12.2. The Labute approximate surface area is 146 Å². The van der Waals surface area contributed by atoms with Crippen molar-refractivity contribution in [3.8, 4) is 23.3 Å². The smallest absolute Gasteiger partial charge is 0.261 e. The van der Waals surface area contributed by atoms with E-state index in [1.807, 2.05) is 18.2 Å². The number of nitrogens with zero attached hydrogens (tertiary/aromatic N) is 1. The Balaban J connectivity index is 1.91. The first-order chi connectivity index (χ1) is 12.1. The van der Waals surface area contributed by atoms with Crippen molar-refractivity contribution < 1.29 is 19.0 Å². The van der Waals surface area contributed by atoms with Gasteiger partial charge in [0.2, 0.25) is 0 Å². The molecule has 0 saturated heterocycles. The predicted octanol–water partition coefficient (Wildman–Crippen LogP) is 2.66. The van der Waals surface area contributed by atoms with Gasteiger partial charge >= 0.3 is 0 Å². The summed E-state index contributed by atoms with van der Waals surface area (Å²) in [6.45, 7) is 2.02. The van der Waals surface area contributed by atoms with E-state index in [2.05, 4.69) is 5.32 Å². The van der Waals surface area contributed by atoms with Crippen molar-refractivity contribution in [3.63, 3.8) is 0 Å². The minimum absolute atomic E-state index is 0.237. The van der Waals surface area contributed by atoms with Crippen LogP contribution in [0.4, 0.5) is 0 Å². The quantitative estimate of drug-likeness (QED) is 0.838. The van der Waals surface area contributed by atoms with E-state index >= 15 is 0 Å². The number of hydrogen-bond acceptors (Lipinski definition) is 5. The van der Waals surface area contributed by atoms with Gasteiger partial charge in [-0.2, -0.15) is 5.26 Å². The maximum Gasteiger partial charge on any atom is 0.261 e. The average molecular weight is 340 g/mol. The second-order valence-electron chi connectivity index (χ2n) is 5.30. The highest BCUT2D eigenvalue weighted by atomic mass is 16.5. The second kappa shape index (κ2) is 8.60. The van der Waals surface area contributed by atoms with Gasteiger partial charge in [-0.3, -0.25) is 4.79 Å². The molecule has 0 aromatic heterocycles. The molecule has 0 bridgehead atoms. The van der Waals surface area contributed by atoms with E-state index in [0.717, 1.165) is 5.56 Å². The van der Waals surface area contributed by atoms with Crippen molar-refractivity contribution in [1.29, 1.82) is 5.26 Å². The first-order valence-corrected chi connectivity index (χ1v) is 7.72. The van der Waals surface area contributed by atoms with Gasteiger partial charge in [0.15, 0.2) is 17.6 Å². The summed E-state index contributed by atoms with van der Waals surface area (Å²) in [5, 5.41) is 11.6. The zero-order chi connectivity index (χ0) is 18.2. The van der Waals surface area contributed by atoms with Crippen LogP contribution >= 0.6 is 0 Å². The Bertz CT molecular complexity index is 766. The summed E-state index contributed by atoms with van der Waals surface area (Å²) in [5.74, 6) is 1.54. The molecule has 6 nitrogen and oxygen atoms in total. The van der Waals surface area contributed by atoms with Gasteiger partial charge in [-0.05, 0) is 48.9 Å². The van der Waals surface area contributed by atoms with Gasteiger partial charge in [0.05, 0.1) is 25.9 Å². The van der Waals surface area contributed by atoms with Crippen molar-refractivity contribution in [1.82, 2.24) is 5.32 Å². The van der Waals surface area contributed by atoms with Crippen LogP contribution in [-0.2, 0) is 11.3 Å². The van der Waals surface area contributed by atoms with E-state index in [9.17, 15) is 4.79 Å². The van der Waals surface area contributed by atoms with E-state index in [1.165, 1.54) is 0 Å². The molecule has 0 fully saturated rings. The van der Waals surface area contributed by atoms with Gasteiger partial charge in [0.1, 0.15) is 5.75 Å². The van der Waals surface area contributed by atoms with Crippen LogP contribution in [0.25, 0.3) is 0 Å². The first-order valence-electron chi connectivity index (χ1n) is 7.72. The summed E-state index contributed by atoms with van der Waals surface area (Å²) in [6, 6.07) is 14.1. The fourth-order valence-electron chi connectivity index (χ4n) is 2.19. The van der Waals surface area contributed by atoms with Crippen molar-refractivity contribution in [2.24, 2.45) is 0 Å². The molecule has 0 radical (unpaired) electrons. The lowest BCUT2D eigenvalue weighted by Crippen LogP contribution is -2.35. The Kier molecular flexibility index (Phi) is 6.24. The highest BCUT2D eigenvalue weighted by Gasteiger charge is 2.14. The van der Waals surface area contributed by atoms with Crippen LogP contribution in [0.15, 0.2) is 42.5 Å². The fraction of sp³-hybridized carbons (Fsp3) is 0.263. The third-order valence-corrected chi connectivity index (χ3v) is 3.58. The number of hydrogen-bond donors (Lipinski definition) is 1. The molecule has 0 saturated carbocycles. The molecule has 0 heterocycles. The van der Waals surface area contributed by atoms with Crippen LogP contribution in [0.3, 0.4) is 0 Å². The number of amides is 1. The third kappa shape index (κ3) is 4.88. The number of rotatable bonds is 7. The van der Waals surface area contributed by atoms with Crippen LogP contribution in [0.2, 0.25) is 0 Å². The summed E-state index contributed by atoms with van der Waals surface area (Å²) >= 11 is 0. The van der Waals surface area contributed by atoms with Gasteiger partial charge in [0, 0.05) is 6.54 Å². The Morgan fingerprint density at radius 2 is 1.80 bits per heavy atom. The van der Waals surface area contributed by atoms with Crippen molar-refractivity contribution in [3.05, 3.63) is 53.6 Å². The number of nitrogens with one attached hydrogen (secondary N) is 1. The number of ether oxygens (including phenoxy) is 3. The zero-order valence-corrected chi connectivity index (χ0v) is 14.4. The van der Waals surface area contributed by atoms with Gasteiger partial charge in [-0.15, -0.1) is 0 Å². The molecule has 0 unspecified atom stereocenters. The molecule has 1 N–H and O–H groups in total. The summed E-state index contributed by atoms with van der Waals surface area (Å²) < 4.78 is 16.0. The first kappa shape index (κ1) is 18.1. The van der Waals surface area contributed by atoms with E-state index < -0.39 is 6.10 Å². The topological polar surface area (TPSA) is 80.6 Å². The molecule has 0 aliphatic carbocycles. The molecule has 0 aliphatic heterocycles. The number of methoxy groups -OCH3 is 2. The number of carbonyl (C=O) groups is 1. The van der Waals surface area contributed by atoms with E-state index in [1.54, 1.807) is 51.5 Å². The highest BCUT2D eigenvalue weighted by Crippen LogP contribution is 2.27. The summed E-state index contributed by atoms with van der Waals surface area (Å²) in [6.07, 6.45) is -0.659. The standard InChI is InChI=1S/C19H20N2O4/c1-13(25-16-7-4-14(11-20)5-8-16)19(22)21-12-15-6-9-17(23-2)18(10-15)24-3/h4-10,13H,12H2,1-3H3,(H,21,22)/t13-/m0/s1. The lowest BCUT2D eigenvalue weighted by atomic mass is 10.2. The molecule has 1 amide bonds. The lowest BCUT2D eigenvalue weighted by molar-refractivity contribution is -0.127. The largest absolute Gasteiger partial charge is 0.493 e. The molecule has 25 heavy (non-hydrogen) atoms. The average Bonchev–Trinajstić information content (AvgIpc) is 2.66. The maximum absolute atomic E-state index is 12.2. The molecule has 130 valence electrons. The van der Waals surface area contributed by atoms with E-state index in [0.29, 0.717) is 29.4 Å². The highest BCUT2D eigenvalue weighted by molar-refractivity contribution is 5.80. The van der Waals surface area contributed by atoms with Crippen LogP contribution < -0.4 is 19.5 Å². The Morgan fingerprint density at radius 1 is 1.12 bits per heavy atom. The van der Waals surface area contributed by atoms with Crippen molar-refractivity contribution in [2.75, 3.05) is 14.2 Å². The molecule has 0 spiro atoms. The van der Waals surface area contributed by atoms with E-state index in [4.69, 9.17) is 19.5 Å². The molecule has 2 aromatic carbocycles. The summed E-state index contributed by atoms with van der Waals surface area (Å²) in [5.41, 5.74) is 1.43. The molecule has 6 heteroatoms. The number of nitriles is 1. The zero-order valence-electron chi connectivity index (χ0n) is 14.4. The monoisotopic (exact) mass is 340 g/mol. The molecule has 2 rings (SSSR count). The van der Waals surface area contributed by atoms with Crippen LogP contribution in [0.5, 0.6) is 17.2 Å². The maximum atomic E-state index is 12.2. The minimum Gasteiger partial charge on any atom is -0.493 e. The Hall–Kier alpha value is -3.20. The van der Waals surface area contributed by atoms with Gasteiger partial charge in [0.25, 0.3) is 5.91 Å². The summed E-state index contributed by atoms with van der Waals surface area (Å²) in [7, 11) is 3.13. The van der Waals surface area contributed by atoms with Crippen molar-refractivity contribution >= 4 is 5.91 Å². The lowest BCUT2D eigenvalue weighted by Gasteiger charge is -2.15. The van der Waals surface area contributed by atoms with Crippen LogP contribution in [0, 0.1) is 11.3 Å². The molecule has 0 aliphatic rings.